The van der Waals surface area contributed by atoms with Gasteiger partial charge in [-0.15, -0.1) is 0 Å². The Morgan fingerprint density at radius 3 is 2.73 bits per heavy atom. The van der Waals surface area contributed by atoms with E-state index in [-0.39, 0.29) is 23.9 Å². The van der Waals surface area contributed by atoms with Gasteiger partial charge in [0.2, 0.25) is 11.2 Å². The summed E-state index contributed by atoms with van der Waals surface area (Å²) >= 11 is 6.09. The van der Waals surface area contributed by atoms with E-state index < -0.39 is 30.9 Å². The number of fused-ring (bicyclic) bond motifs is 2. The molecule has 12 heteroatoms. The summed E-state index contributed by atoms with van der Waals surface area (Å²) in [6.45, 7) is 9.37. The molecule has 2 aliphatic rings. The SMILES string of the molecule is COc1nc(Cl)nc2c1ncn2[C@@H]1O[C@H](COP(C)(C)=O)C2OC(C)(C)OC[C@@]21C. The molecular weight excluding hydrogens is 435 g/mol. The van der Waals surface area contributed by atoms with Gasteiger partial charge < -0.3 is 23.5 Å². The lowest BCUT2D eigenvalue weighted by atomic mass is 9.81. The number of aromatic nitrogens is 4. The molecule has 0 N–H and O–H groups in total. The van der Waals surface area contributed by atoms with Crippen molar-refractivity contribution in [2.45, 2.75) is 45.0 Å². The predicted molar refractivity (Wildman–Crippen MR) is 109 cm³/mol. The van der Waals surface area contributed by atoms with E-state index >= 15 is 0 Å². The van der Waals surface area contributed by atoms with E-state index in [1.54, 1.807) is 24.2 Å². The fourth-order valence-corrected chi connectivity index (χ4v) is 4.60. The lowest BCUT2D eigenvalue weighted by Gasteiger charge is -2.45. The number of ether oxygens (including phenoxy) is 4. The molecule has 2 saturated heterocycles. The first-order valence-corrected chi connectivity index (χ1v) is 12.4. The highest BCUT2D eigenvalue weighted by Crippen LogP contribution is 2.53. The fraction of sp³-hybridized carbons (Fsp3) is 0.722. The van der Waals surface area contributed by atoms with Crippen LogP contribution in [-0.4, -0.2) is 71.2 Å². The van der Waals surface area contributed by atoms with E-state index in [1.807, 2.05) is 20.8 Å². The Labute approximate surface area is 179 Å². The van der Waals surface area contributed by atoms with E-state index in [2.05, 4.69) is 15.0 Å². The molecule has 0 saturated carbocycles. The van der Waals surface area contributed by atoms with Crippen molar-refractivity contribution >= 4 is 30.1 Å². The summed E-state index contributed by atoms with van der Waals surface area (Å²) in [4.78, 5) is 12.8. The Morgan fingerprint density at radius 2 is 2.07 bits per heavy atom. The number of hydrogen-bond donors (Lipinski definition) is 0. The van der Waals surface area contributed by atoms with Crippen LogP contribution in [0.3, 0.4) is 0 Å². The molecule has 0 aliphatic carbocycles. The Morgan fingerprint density at radius 1 is 1.33 bits per heavy atom. The molecule has 10 nitrogen and oxygen atoms in total. The van der Waals surface area contributed by atoms with E-state index in [4.69, 9.17) is 35.1 Å². The third kappa shape index (κ3) is 3.85. The zero-order valence-electron chi connectivity index (χ0n) is 17.8. The molecule has 4 atom stereocenters. The van der Waals surface area contributed by atoms with Crippen LogP contribution in [-0.2, 0) is 23.3 Å². The number of imidazole rings is 1. The molecule has 0 bridgehead atoms. The number of nitrogens with zero attached hydrogens (tertiary/aromatic N) is 4. The Kier molecular flexibility index (Phi) is 5.40. The summed E-state index contributed by atoms with van der Waals surface area (Å²) in [5, 5.41) is 0.0378. The zero-order valence-corrected chi connectivity index (χ0v) is 19.4. The van der Waals surface area contributed by atoms with E-state index in [9.17, 15) is 4.57 Å². The second kappa shape index (κ2) is 7.39. The number of hydrogen-bond acceptors (Lipinski definition) is 9. The number of methoxy groups -OCH3 is 1. The van der Waals surface area contributed by atoms with Gasteiger partial charge in [0.15, 0.2) is 24.3 Å². The van der Waals surface area contributed by atoms with Crippen molar-refractivity contribution in [3.05, 3.63) is 11.6 Å². The van der Waals surface area contributed by atoms with Gasteiger partial charge in [-0.3, -0.25) is 9.13 Å². The molecule has 2 fully saturated rings. The molecule has 0 amide bonds. The zero-order chi connectivity index (χ0) is 21.9. The predicted octanol–water partition coefficient (Wildman–Crippen LogP) is 3.10. The molecule has 2 aromatic heterocycles. The Hall–Kier alpha value is -1.29. The number of rotatable bonds is 5. The van der Waals surface area contributed by atoms with Crippen molar-refractivity contribution in [2.24, 2.45) is 5.41 Å². The van der Waals surface area contributed by atoms with Gasteiger partial charge in [-0.05, 0) is 25.4 Å². The third-order valence-corrected chi connectivity index (χ3v) is 6.29. The van der Waals surface area contributed by atoms with Crippen LogP contribution < -0.4 is 4.74 Å². The average molecular weight is 461 g/mol. The van der Waals surface area contributed by atoms with Gasteiger partial charge in [-0.25, -0.2) is 4.98 Å². The molecular formula is C18H26ClN4O6P. The van der Waals surface area contributed by atoms with Crippen LogP contribution in [0.2, 0.25) is 5.28 Å². The van der Waals surface area contributed by atoms with Crippen molar-refractivity contribution in [2.75, 3.05) is 33.7 Å². The van der Waals surface area contributed by atoms with Crippen LogP contribution in [0.5, 0.6) is 5.88 Å². The Bertz CT molecular complexity index is 1010. The van der Waals surface area contributed by atoms with Crippen LogP contribution in [0.25, 0.3) is 11.2 Å². The van der Waals surface area contributed by atoms with Crippen molar-refractivity contribution in [1.82, 2.24) is 19.5 Å². The molecule has 0 radical (unpaired) electrons. The van der Waals surface area contributed by atoms with Crippen molar-refractivity contribution < 1.29 is 28.0 Å². The third-order valence-electron chi connectivity index (χ3n) is 5.35. The maximum absolute atomic E-state index is 12.1. The van der Waals surface area contributed by atoms with Gasteiger partial charge in [0.25, 0.3) is 0 Å². The first-order valence-electron chi connectivity index (χ1n) is 9.54. The van der Waals surface area contributed by atoms with Crippen LogP contribution in [0.15, 0.2) is 6.33 Å². The quantitative estimate of drug-likeness (QED) is 0.491. The summed E-state index contributed by atoms with van der Waals surface area (Å²) in [5.41, 5.74) is 0.350. The van der Waals surface area contributed by atoms with E-state index in [0.29, 0.717) is 17.8 Å². The topological polar surface area (TPSA) is 107 Å². The minimum absolute atomic E-state index is 0.0378. The van der Waals surface area contributed by atoms with Gasteiger partial charge >= 0.3 is 0 Å². The highest BCUT2D eigenvalue weighted by molar-refractivity contribution is 7.57. The normalized spacial score (nSPS) is 31.1. The lowest BCUT2D eigenvalue weighted by Crippen LogP contribution is -2.54. The molecule has 30 heavy (non-hydrogen) atoms. The van der Waals surface area contributed by atoms with E-state index in [1.165, 1.54) is 7.11 Å². The minimum atomic E-state index is -2.70. The maximum atomic E-state index is 12.1. The number of halogens is 1. The molecule has 0 spiro atoms. The van der Waals surface area contributed by atoms with Gasteiger partial charge in [-0.2, -0.15) is 9.97 Å². The second-order valence-electron chi connectivity index (χ2n) is 8.63. The lowest BCUT2D eigenvalue weighted by molar-refractivity contribution is -0.314. The molecule has 2 aromatic rings. The summed E-state index contributed by atoms with van der Waals surface area (Å²) in [6, 6.07) is 0. The molecule has 4 rings (SSSR count). The largest absolute Gasteiger partial charge is 0.479 e. The summed E-state index contributed by atoms with van der Waals surface area (Å²) in [7, 11) is -1.20. The highest BCUT2D eigenvalue weighted by Gasteiger charge is 2.60. The van der Waals surface area contributed by atoms with Crippen molar-refractivity contribution in [1.29, 1.82) is 0 Å². The van der Waals surface area contributed by atoms with Gasteiger partial charge in [0.1, 0.15) is 18.4 Å². The maximum Gasteiger partial charge on any atom is 0.246 e. The van der Waals surface area contributed by atoms with Crippen LogP contribution in [0, 0.1) is 5.41 Å². The van der Waals surface area contributed by atoms with E-state index in [0.717, 1.165) is 0 Å². The standard InChI is InChI=1S/C18H26ClN4O6P/c1-17(2)26-8-18(3)12(29-17)10(7-27-30(5,6)24)28-15(18)23-9-20-11-13(23)21-16(19)22-14(11)25-4/h9-10,12,15H,7-8H2,1-6H3/t10-,12?,15-,18+/m1/s1. The summed E-state index contributed by atoms with van der Waals surface area (Å²) in [5.74, 6) is -0.507. The fourth-order valence-electron chi connectivity index (χ4n) is 3.93. The van der Waals surface area contributed by atoms with Crippen molar-refractivity contribution in [3.8, 4) is 5.88 Å². The summed E-state index contributed by atoms with van der Waals surface area (Å²) in [6.07, 6.45) is 0.238. The van der Waals surface area contributed by atoms with Gasteiger partial charge in [-0.1, -0.05) is 6.92 Å². The molecule has 0 aromatic carbocycles. The van der Waals surface area contributed by atoms with Gasteiger partial charge in [0.05, 0.1) is 32.1 Å². The second-order valence-corrected chi connectivity index (χ2v) is 11.7. The first-order chi connectivity index (χ1) is 13.9. The van der Waals surface area contributed by atoms with Crippen LogP contribution in [0.1, 0.15) is 27.0 Å². The average Bonchev–Trinajstić information content (AvgIpc) is 3.17. The van der Waals surface area contributed by atoms with Gasteiger partial charge in [0, 0.05) is 13.3 Å². The minimum Gasteiger partial charge on any atom is -0.479 e. The van der Waals surface area contributed by atoms with Crippen LogP contribution >= 0.6 is 19.0 Å². The molecule has 1 unspecified atom stereocenters. The molecule has 4 heterocycles. The molecule has 166 valence electrons. The molecule has 2 aliphatic heterocycles. The highest BCUT2D eigenvalue weighted by atomic mass is 35.5. The van der Waals surface area contributed by atoms with Crippen LogP contribution in [0.4, 0.5) is 0 Å². The van der Waals surface area contributed by atoms with Crippen molar-refractivity contribution in [3.63, 3.8) is 0 Å². The first kappa shape index (κ1) is 21.9. The Balaban J connectivity index is 1.76. The smallest absolute Gasteiger partial charge is 0.246 e. The monoisotopic (exact) mass is 460 g/mol. The summed E-state index contributed by atoms with van der Waals surface area (Å²) < 4.78 is 43.4.